The molecule has 0 radical (unpaired) electrons. The molecule has 0 aromatic heterocycles. The van der Waals surface area contributed by atoms with Gasteiger partial charge in [-0.1, -0.05) is 36.6 Å². The van der Waals surface area contributed by atoms with Crippen LogP contribution in [0.4, 0.5) is 0 Å². The van der Waals surface area contributed by atoms with E-state index in [2.05, 4.69) is 47.0 Å². The molecule has 0 unspecified atom stereocenters. The van der Waals surface area contributed by atoms with E-state index in [1.807, 2.05) is 44.2 Å². The van der Waals surface area contributed by atoms with Gasteiger partial charge in [0.25, 0.3) is 0 Å². The van der Waals surface area contributed by atoms with Crippen molar-refractivity contribution in [1.29, 1.82) is 0 Å². The third-order valence-electron chi connectivity index (χ3n) is 4.53. The summed E-state index contributed by atoms with van der Waals surface area (Å²) in [5.41, 5.74) is 3.87. The molecule has 1 aliphatic carbocycles. The second kappa shape index (κ2) is 12.8. The third-order valence-corrected chi connectivity index (χ3v) is 5.43. The molecule has 0 atom stereocenters. The van der Waals surface area contributed by atoms with E-state index in [0.29, 0.717) is 11.4 Å². The number of allylic oxidation sites excluding steroid dienone is 9. The Morgan fingerprint density at radius 1 is 1.19 bits per heavy atom. The number of aliphatic imine (C=N–C) groups is 1. The van der Waals surface area contributed by atoms with Crippen LogP contribution in [0.5, 0.6) is 0 Å². The molecule has 7 heteroatoms. The van der Waals surface area contributed by atoms with E-state index in [0.717, 1.165) is 66.0 Å². The van der Waals surface area contributed by atoms with Crippen molar-refractivity contribution in [3.05, 3.63) is 82.2 Å². The summed E-state index contributed by atoms with van der Waals surface area (Å²) in [6.07, 6.45) is 13.3. The quantitative estimate of drug-likeness (QED) is 0.220. The van der Waals surface area contributed by atoms with Gasteiger partial charge in [0.15, 0.2) is 0 Å². The molecule has 2 rings (SSSR count). The van der Waals surface area contributed by atoms with Crippen molar-refractivity contribution in [2.24, 2.45) is 4.99 Å². The molecule has 31 heavy (non-hydrogen) atoms. The van der Waals surface area contributed by atoms with Gasteiger partial charge in [0.1, 0.15) is 5.84 Å². The van der Waals surface area contributed by atoms with Crippen molar-refractivity contribution in [2.75, 3.05) is 26.2 Å². The van der Waals surface area contributed by atoms with Gasteiger partial charge in [-0.3, -0.25) is 4.79 Å². The Labute approximate surface area is 190 Å². The topological polar surface area (TPSA) is 68.8 Å². The molecule has 2 aliphatic rings. The van der Waals surface area contributed by atoms with Gasteiger partial charge < -0.3 is 20.9 Å². The van der Waals surface area contributed by atoms with Crippen LogP contribution in [0.3, 0.4) is 0 Å². The van der Waals surface area contributed by atoms with Crippen molar-refractivity contribution in [3.63, 3.8) is 0 Å². The van der Waals surface area contributed by atoms with Crippen molar-refractivity contribution in [1.82, 2.24) is 20.9 Å². The number of amidine groups is 1. The summed E-state index contributed by atoms with van der Waals surface area (Å²) in [7, 11) is 0. The third kappa shape index (κ3) is 9.27. The van der Waals surface area contributed by atoms with Gasteiger partial charge in [-0.2, -0.15) is 0 Å². The molecule has 6 nitrogen and oxygen atoms in total. The fourth-order valence-electron chi connectivity index (χ4n) is 3.17. The first-order chi connectivity index (χ1) is 14.9. The summed E-state index contributed by atoms with van der Waals surface area (Å²) < 4.78 is 0. The molecule has 0 aromatic carbocycles. The lowest BCUT2D eigenvalue weighted by Gasteiger charge is -2.30. The van der Waals surface area contributed by atoms with Gasteiger partial charge in [0.2, 0.25) is 6.41 Å². The maximum atomic E-state index is 10.7. The Hall–Kier alpha value is -2.77. The monoisotopic (exact) mass is 439 g/mol. The normalized spacial score (nSPS) is 18.0. The van der Waals surface area contributed by atoms with Crippen LogP contribution >= 0.6 is 11.8 Å². The van der Waals surface area contributed by atoms with Gasteiger partial charge in [-0.15, -0.1) is 0 Å². The Kier molecular flexibility index (Phi) is 10.1. The van der Waals surface area contributed by atoms with Crippen molar-refractivity contribution in [3.8, 4) is 0 Å². The average Bonchev–Trinajstić information content (AvgIpc) is 2.93. The minimum absolute atomic E-state index is 0.678. The van der Waals surface area contributed by atoms with Crippen LogP contribution in [-0.2, 0) is 4.79 Å². The van der Waals surface area contributed by atoms with Gasteiger partial charge in [-0.25, -0.2) is 4.99 Å². The summed E-state index contributed by atoms with van der Waals surface area (Å²) in [6.45, 7) is 18.1. The fourth-order valence-corrected chi connectivity index (χ4v) is 3.93. The standard InChI is InChI=1S/C24H33N5OS/c1-18(2)15-19(3)27-24(16-20(4)29-13-11-25-12-14-29)28-21(5)31-23-8-6-7-22(9-10-23)26-17-30/h6-7,9-10,15-17,25H,1,5,8,11-14H2,2-4H3,(H,26,30)(H,27,28)/b19-15+,20-16+. The number of rotatable bonds is 9. The molecular weight excluding hydrogens is 406 g/mol. The maximum Gasteiger partial charge on any atom is 0.211 e. The number of carbonyl (C=O) groups excluding carboxylic acids is 1. The lowest BCUT2D eigenvalue weighted by Crippen LogP contribution is -2.42. The van der Waals surface area contributed by atoms with Crippen molar-refractivity contribution >= 4 is 24.0 Å². The highest BCUT2D eigenvalue weighted by molar-refractivity contribution is 8.06. The van der Waals surface area contributed by atoms with Crippen molar-refractivity contribution < 1.29 is 4.79 Å². The molecule has 0 saturated carbocycles. The highest BCUT2D eigenvalue weighted by Crippen LogP contribution is 2.29. The van der Waals surface area contributed by atoms with E-state index in [1.165, 1.54) is 11.8 Å². The molecule has 1 aliphatic heterocycles. The predicted octanol–water partition coefficient (Wildman–Crippen LogP) is 3.94. The summed E-state index contributed by atoms with van der Waals surface area (Å²) in [4.78, 5) is 18.9. The van der Waals surface area contributed by atoms with E-state index in [-0.39, 0.29) is 0 Å². The van der Waals surface area contributed by atoms with Gasteiger partial charge in [-0.05, 0) is 62.5 Å². The first-order valence-corrected chi connectivity index (χ1v) is 11.2. The van der Waals surface area contributed by atoms with Gasteiger partial charge in [0.05, 0.1) is 5.03 Å². The van der Waals surface area contributed by atoms with Gasteiger partial charge in [0, 0.05) is 43.3 Å². The zero-order valence-electron chi connectivity index (χ0n) is 18.7. The highest BCUT2D eigenvalue weighted by Gasteiger charge is 2.11. The molecule has 1 amide bonds. The number of piperazine rings is 1. The van der Waals surface area contributed by atoms with Gasteiger partial charge >= 0.3 is 0 Å². The number of amides is 1. The smallest absolute Gasteiger partial charge is 0.211 e. The molecule has 0 bridgehead atoms. The minimum Gasteiger partial charge on any atom is -0.372 e. The lowest BCUT2D eigenvalue weighted by molar-refractivity contribution is -0.108. The van der Waals surface area contributed by atoms with E-state index in [9.17, 15) is 4.79 Å². The van der Waals surface area contributed by atoms with Crippen molar-refractivity contribution in [2.45, 2.75) is 27.2 Å². The summed E-state index contributed by atoms with van der Waals surface area (Å²) >= 11 is 1.52. The molecule has 166 valence electrons. The Morgan fingerprint density at radius 3 is 2.61 bits per heavy atom. The number of hydrogen-bond donors (Lipinski definition) is 3. The second-order valence-electron chi connectivity index (χ2n) is 7.44. The molecule has 0 spiro atoms. The molecule has 1 saturated heterocycles. The van der Waals surface area contributed by atoms with Crippen LogP contribution in [-0.4, -0.2) is 43.3 Å². The molecule has 1 heterocycles. The van der Waals surface area contributed by atoms with Crippen LogP contribution < -0.4 is 16.0 Å². The van der Waals surface area contributed by atoms with Crippen LogP contribution in [0.15, 0.2) is 87.2 Å². The van der Waals surface area contributed by atoms with Crippen LogP contribution in [0.25, 0.3) is 0 Å². The Morgan fingerprint density at radius 2 is 1.94 bits per heavy atom. The van der Waals surface area contributed by atoms with E-state index < -0.39 is 0 Å². The van der Waals surface area contributed by atoms with E-state index in [4.69, 9.17) is 4.99 Å². The Bertz CT molecular complexity index is 870. The Balaban J connectivity index is 2.19. The number of nitrogens with one attached hydrogen (secondary N) is 3. The highest BCUT2D eigenvalue weighted by atomic mass is 32.2. The second-order valence-corrected chi connectivity index (χ2v) is 8.64. The zero-order valence-corrected chi connectivity index (χ0v) is 19.5. The van der Waals surface area contributed by atoms with Crippen LogP contribution in [0, 0.1) is 0 Å². The maximum absolute atomic E-state index is 10.7. The summed E-state index contributed by atoms with van der Waals surface area (Å²) in [5.74, 6) is 0.743. The number of thioether (sulfide) groups is 1. The lowest BCUT2D eigenvalue weighted by atomic mass is 10.2. The first kappa shape index (κ1) is 24.5. The molecule has 1 fully saturated rings. The van der Waals surface area contributed by atoms with Crippen LogP contribution in [0.2, 0.25) is 0 Å². The number of carbonyl (C=O) groups is 1. The number of hydrogen-bond acceptors (Lipinski definition) is 5. The first-order valence-electron chi connectivity index (χ1n) is 10.3. The zero-order chi connectivity index (χ0) is 22.6. The van der Waals surface area contributed by atoms with Crippen LogP contribution in [0.1, 0.15) is 27.2 Å². The largest absolute Gasteiger partial charge is 0.372 e. The average molecular weight is 440 g/mol. The van der Waals surface area contributed by atoms with E-state index in [1.54, 1.807) is 0 Å². The molecular formula is C24H33N5OS. The predicted molar refractivity (Wildman–Crippen MR) is 133 cm³/mol. The number of nitrogens with zero attached hydrogens (tertiary/aromatic N) is 2. The molecule has 0 aromatic rings. The molecule has 3 N–H and O–H groups in total. The minimum atomic E-state index is 0.678. The summed E-state index contributed by atoms with van der Waals surface area (Å²) in [6, 6.07) is 0. The van der Waals surface area contributed by atoms with E-state index >= 15 is 0 Å². The SMILES string of the molecule is C=C(C)/C=C(\C)NC(/C=C(\C)N1CCNCC1)=N/C(=C)SC1=CC=C(NC=O)C=CC1. The summed E-state index contributed by atoms with van der Waals surface area (Å²) in [5, 5.41) is 10.1. The fraction of sp³-hybridized carbons (Fsp3) is 0.333.